The van der Waals surface area contributed by atoms with E-state index < -0.39 is 46.9 Å². The molecule has 0 aromatic heterocycles. The van der Waals surface area contributed by atoms with Gasteiger partial charge in [0.25, 0.3) is 11.8 Å². The fourth-order valence-corrected chi connectivity index (χ4v) is 2.74. The third kappa shape index (κ3) is 1.83. The zero-order valence-corrected chi connectivity index (χ0v) is 11.4. The van der Waals surface area contributed by atoms with Crippen LogP contribution in [-0.2, 0) is 9.59 Å². The molecule has 0 unspecified atom stereocenters. The minimum Gasteiger partial charge on any atom is -0.295 e. The van der Waals surface area contributed by atoms with Crippen LogP contribution in [-0.4, -0.2) is 34.6 Å². The van der Waals surface area contributed by atoms with Crippen molar-refractivity contribution >= 4 is 23.6 Å². The summed E-state index contributed by atoms with van der Waals surface area (Å²) in [6.07, 6.45) is -0.0844. The maximum absolute atomic E-state index is 13.9. The number of amides is 4. The number of nitrogens with one attached hydrogen (secondary N) is 1. The lowest BCUT2D eigenvalue weighted by Gasteiger charge is -2.27. The highest BCUT2D eigenvalue weighted by molar-refractivity contribution is 6.24. The molecule has 0 bridgehead atoms. The Bertz CT molecular complexity index is 760. The number of hydrogen-bond donors (Lipinski definition) is 1. The minimum atomic E-state index is -1.20. The molecule has 1 atom stereocenters. The van der Waals surface area contributed by atoms with E-state index in [-0.39, 0.29) is 24.0 Å². The first kappa shape index (κ1) is 14.3. The first-order valence-corrected chi connectivity index (χ1v) is 6.53. The summed E-state index contributed by atoms with van der Waals surface area (Å²) in [5, 5.41) is 2.02. The van der Waals surface area contributed by atoms with Crippen LogP contribution in [0, 0.1) is 18.6 Å². The van der Waals surface area contributed by atoms with E-state index in [4.69, 9.17) is 0 Å². The molecular weight excluding hydrogens is 298 g/mol. The van der Waals surface area contributed by atoms with E-state index in [1.807, 2.05) is 5.32 Å². The molecule has 0 saturated carbocycles. The first-order chi connectivity index (χ1) is 10.3. The van der Waals surface area contributed by atoms with Crippen molar-refractivity contribution in [3.8, 4) is 0 Å². The lowest BCUT2D eigenvalue weighted by atomic mass is 10.0. The largest absolute Gasteiger partial charge is 0.295 e. The summed E-state index contributed by atoms with van der Waals surface area (Å²) >= 11 is 0. The number of piperidine rings is 1. The van der Waals surface area contributed by atoms with Gasteiger partial charge in [-0.25, -0.2) is 8.78 Å². The van der Waals surface area contributed by atoms with Gasteiger partial charge in [-0.15, -0.1) is 0 Å². The van der Waals surface area contributed by atoms with Crippen LogP contribution >= 0.6 is 0 Å². The van der Waals surface area contributed by atoms with Crippen molar-refractivity contribution in [2.75, 3.05) is 0 Å². The molecule has 2 aliphatic heterocycles. The number of carbonyl (C=O) groups is 4. The van der Waals surface area contributed by atoms with Gasteiger partial charge >= 0.3 is 0 Å². The Kier molecular flexibility index (Phi) is 3.05. The standard InChI is InChI=1S/C14H10F2N2O4/c1-5-6(15)4-7(16)11-10(5)13(21)18(14(11)22)8-2-3-9(19)17-12(8)20/h4,8H,2-3H2,1H3,(H,17,19,20)/t8-/m1/s1. The van der Waals surface area contributed by atoms with Gasteiger partial charge in [-0.1, -0.05) is 0 Å². The van der Waals surface area contributed by atoms with Gasteiger partial charge in [0.2, 0.25) is 11.8 Å². The highest BCUT2D eigenvalue weighted by Crippen LogP contribution is 2.32. The van der Waals surface area contributed by atoms with Gasteiger partial charge in [0.1, 0.15) is 17.7 Å². The van der Waals surface area contributed by atoms with E-state index in [9.17, 15) is 28.0 Å². The summed E-state index contributed by atoms with van der Waals surface area (Å²) in [4.78, 5) is 48.2. The van der Waals surface area contributed by atoms with E-state index in [0.717, 1.165) is 0 Å². The van der Waals surface area contributed by atoms with Crippen LogP contribution in [0.5, 0.6) is 0 Å². The van der Waals surface area contributed by atoms with Crippen molar-refractivity contribution < 1.29 is 28.0 Å². The van der Waals surface area contributed by atoms with E-state index in [1.165, 1.54) is 6.92 Å². The van der Waals surface area contributed by atoms with Gasteiger partial charge in [0.15, 0.2) is 0 Å². The summed E-state index contributed by atoms with van der Waals surface area (Å²) < 4.78 is 27.4. The fraction of sp³-hybridized carbons (Fsp3) is 0.286. The molecule has 3 rings (SSSR count). The van der Waals surface area contributed by atoms with Crippen LogP contribution in [0.4, 0.5) is 8.78 Å². The molecule has 1 fully saturated rings. The monoisotopic (exact) mass is 308 g/mol. The molecule has 0 radical (unpaired) electrons. The predicted molar refractivity (Wildman–Crippen MR) is 67.8 cm³/mol. The molecule has 2 heterocycles. The quantitative estimate of drug-likeness (QED) is 0.773. The van der Waals surface area contributed by atoms with E-state index in [0.29, 0.717) is 11.0 Å². The maximum Gasteiger partial charge on any atom is 0.265 e. The van der Waals surface area contributed by atoms with Gasteiger partial charge in [-0.2, -0.15) is 0 Å². The van der Waals surface area contributed by atoms with Gasteiger partial charge < -0.3 is 0 Å². The highest BCUT2D eigenvalue weighted by atomic mass is 19.1. The molecule has 2 aliphatic rings. The summed E-state index contributed by atoms with van der Waals surface area (Å²) in [5.41, 5.74) is -1.05. The van der Waals surface area contributed by atoms with E-state index >= 15 is 0 Å². The van der Waals surface area contributed by atoms with Crippen molar-refractivity contribution in [3.05, 3.63) is 34.4 Å². The van der Waals surface area contributed by atoms with Crippen LogP contribution in [0.15, 0.2) is 6.07 Å². The molecule has 0 spiro atoms. The fourth-order valence-electron chi connectivity index (χ4n) is 2.74. The number of halogens is 2. The van der Waals surface area contributed by atoms with Crippen LogP contribution < -0.4 is 5.32 Å². The molecule has 8 heteroatoms. The summed E-state index contributed by atoms with van der Waals surface area (Å²) in [7, 11) is 0. The maximum atomic E-state index is 13.9. The number of benzene rings is 1. The van der Waals surface area contributed by atoms with E-state index in [1.54, 1.807) is 0 Å². The molecule has 1 aromatic carbocycles. The lowest BCUT2D eigenvalue weighted by molar-refractivity contribution is -0.136. The highest BCUT2D eigenvalue weighted by Gasteiger charge is 2.47. The zero-order chi connectivity index (χ0) is 16.2. The van der Waals surface area contributed by atoms with Crippen molar-refractivity contribution in [3.63, 3.8) is 0 Å². The SMILES string of the molecule is Cc1c(F)cc(F)c2c1C(=O)N([C@@H]1CCC(=O)NC1=O)C2=O. The Morgan fingerprint density at radius 1 is 1.09 bits per heavy atom. The molecule has 4 amide bonds. The smallest absolute Gasteiger partial charge is 0.265 e. The Morgan fingerprint density at radius 3 is 2.36 bits per heavy atom. The second kappa shape index (κ2) is 4.69. The third-order valence-electron chi connectivity index (χ3n) is 3.86. The predicted octanol–water partition coefficient (Wildman–Crippen LogP) is 0.674. The second-order valence-corrected chi connectivity index (χ2v) is 5.16. The molecule has 114 valence electrons. The Labute approximate surface area is 123 Å². The second-order valence-electron chi connectivity index (χ2n) is 5.16. The molecule has 22 heavy (non-hydrogen) atoms. The first-order valence-electron chi connectivity index (χ1n) is 6.53. The van der Waals surface area contributed by atoms with Crippen molar-refractivity contribution in [2.24, 2.45) is 0 Å². The van der Waals surface area contributed by atoms with Gasteiger partial charge in [0, 0.05) is 12.5 Å². The van der Waals surface area contributed by atoms with Crippen LogP contribution in [0.2, 0.25) is 0 Å². The normalized spacial score (nSPS) is 21.2. The van der Waals surface area contributed by atoms with Crippen molar-refractivity contribution in [1.82, 2.24) is 10.2 Å². The lowest BCUT2D eigenvalue weighted by Crippen LogP contribution is -2.54. The average molecular weight is 308 g/mol. The number of fused-ring (bicyclic) bond motifs is 1. The summed E-state index contributed by atoms with van der Waals surface area (Å²) in [6.45, 7) is 1.26. The zero-order valence-electron chi connectivity index (χ0n) is 11.4. The van der Waals surface area contributed by atoms with Gasteiger partial charge in [-0.3, -0.25) is 29.4 Å². The number of nitrogens with zero attached hydrogens (tertiary/aromatic N) is 1. The molecule has 1 aromatic rings. The number of carbonyl (C=O) groups excluding carboxylic acids is 4. The van der Waals surface area contributed by atoms with Gasteiger partial charge in [0.05, 0.1) is 11.1 Å². The Balaban J connectivity index is 2.08. The molecule has 1 saturated heterocycles. The van der Waals surface area contributed by atoms with Gasteiger partial charge in [-0.05, 0) is 18.9 Å². The topological polar surface area (TPSA) is 83.6 Å². The summed E-state index contributed by atoms with van der Waals surface area (Å²) in [5.74, 6) is -5.31. The summed E-state index contributed by atoms with van der Waals surface area (Å²) in [6, 6.07) is -0.667. The minimum absolute atomic E-state index is 0.0420. The third-order valence-corrected chi connectivity index (χ3v) is 3.86. The molecule has 0 aliphatic carbocycles. The van der Waals surface area contributed by atoms with Crippen LogP contribution in [0.25, 0.3) is 0 Å². The molecule has 6 nitrogen and oxygen atoms in total. The van der Waals surface area contributed by atoms with Crippen LogP contribution in [0.1, 0.15) is 39.1 Å². The van der Waals surface area contributed by atoms with E-state index in [2.05, 4.69) is 0 Å². The van der Waals surface area contributed by atoms with Crippen LogP contribution in [0.3, 0.4) is 0 Å². The Morgan fingerprint density at radius 2 is 1.73 bits per heavy atom. The Hall–Kier alpha value is -2.64. The van der Waals surface area contributed by atoms with Crippen molar-refractivity contribution in [2.45, 2.75) is 25.8 Å². The average Bonchev–Trinajstić information content (AvgIpc) is 2.69. The number of hydrogen-bond acceptors (Lipinski definition) is 4. The number of imide groups is 2. The molecule has 1 N–H and O–H groups in total. The number of rotatable bonds is 1. The molecular formula is C14H10F2N2O4. The van der Waals surface area contributed by atoms with Crippen molar-refractivity contribution in [1.29, 1.82) is 0 Å².